The molecule has 0 saturated carbocycles. The molecule has 4 unspecified atom stereocenters. The van der Waals surface area contributed by atoms with E-state index in [0.29, 0.717) is 0 Å². The van der Waals surface area contributed by atoms with Gasteiger partial charge in [-0.15, -0.1) is 0 Å². The Hall–Kier alpha value is -4.32. The van der Waals surface area contributed by atoms with Crippen LogP contribution in [0.4, 0.5) is 0 Å². The smallest absolute Gasteiger partial charge is 0.134 e. The molecule has 4 aromatic rings. The van der Waals surface area contributed by atoms with Gasteiger partial charge < -0.3 is 28.4 Å². The Balaban J connectivity index is 1.38. The van der Waals surface area contributed by atoms with Gasteiger partial charge in [0.2, 0.25) is 0 Å². The number of unbranched alkanes of at least 4 members (excludes halogenated alkanes) is 12. The van der Waals surface area contributed by atoms with Crippen molar-refractivity contribution in [1.82, 2.24) is 0 Å². The summed E-state index contributed by atoms with van der Waals surface area (Å²) in [6.45, 7) is 17.8. The molecule has 0 amide bonds. The lowest BCUT2D eigenvalue weighted by Crippen LogP contribution is -2.23. The van der Waals surface area contributed by atoms with Crippen molar-refractivity contribution >= 4 is 0 Å². The molecule has 4 atom stereocenters. The molecule has 0 N–H and O–H groups in total. The van der Waals surface area contributed by atoms with E-state index in [9.17, 15) is 0 Å². The predicted molar refractivity (Wildman–Crippen MR) is 265 cm³/mol. The van der Waals surface area contributed by atoms with E-state index in [1.54, 1.807) is 0 Å². The molecule has 6 nitrogen and oxygen atoms in total. The lowest BCUT2D eigenvalue weighted by Gasteiger charge is -2.38. The maximum absolute atomic E-state index is 6.93. The zero-order valence-electron chi connectivity index (χ0n) is 41.0. The first kappa shape index (κ1) is 49.1. The van der Waals surface area contributed by atoms with E-state index in [2.05, 4.69) is 128 Å². The summed E-state index contributed by atoms with van der Waals surface area (Å²) in [5.41, 5.74) is 4.50. The normalized spacial score (nSPS) is 16.8. The lowest BCUT2D eigenvalue weighted by molar-refractivity contribution is 0.204. The van der Waals surface area contributed by atoms with Crippen LogP contribution in [0, 0.1) is 0 Å². The first-order valence-corrected chi connectivity index (χ1v) is 25.8. The molecule has 6 rings (SSSR count). The molecule has 0 radical (unpaired) electrons. The van der Waals surface area contributed by atoms with Gasteiger partial charge in [-0.1, -0.05) is 129 Å². The van der Waals surface area contributed by atoms with Crippen LogP contribution in [-0.4, -0.2) is 24.4 Å². The van der Waals surface area contributed by atoms with Gasteiger partial charge in [-0.2, -0.15) is 0 Å². The van der Waals surface area contributed by atoms with Crippen LogP contribution in [0.15, 0.2) is 72.8 Å². The van der Waals surface area contributed by atoms with Crippen LogP contribution in [-0.2, 0) is 0 Å². The lowest BCUT2D eigenvalue weighted by atomic mass is 9.71. The van der Waals surface area contributed by atoms with Crippen molar-refractivity contribution in [3.05, 3.63) is 95.1 Å². The summed E-state index contributed by atoms with van der Waals surface area (Å²) in [5, 5.41) is 0. The fourth-order valence-electron chi connectivity index (χ4n) is 9.62. The molecule has 6 heteroatoms. The summed E-state index contributed by atoms with van der Waals surface area (Å²) in [7, 11) is 0. The molecule has 0 bridgehead atoms. The second-order valence-corrected chi connectivity index (χ2v) is 19.1. The van der Waals surface area contributed by atoms with Gasteiger partial charge in [-0.3, -0.25) is 0 Å². The first-order chi connectivity index (χ1) is 31.2. The van der Waals surface area contributed by atoms with E-state index in [0.717, 1.165) is 93.9 Å². The van der Waals surface area contributed by atoms with Crippen molar-refractivity contribution in [3.8, 4) is 46.0 Å². The molecule has 4 aromatic carbocycles. The fourth-order valence-corrected chi connectivity index (χ4v) is 9.62. The van der Waals surface area contributed by atoms with Crippen LogP contribution in [0.3, 0.4) is 0 Å². The largest absolute Gasteiger partial charge is 0.491 e. The summed E-state index contributed by atoms with van der Waals surface area (Å²) < 4.78 is 40.2. The van der Waals surface area contributed by atoms with E-state index >= 15 is 0 Å². The Bertz CT molecular complexity index is 1720. The van der Waals surface area contributed by atoms with Gasteiger partial charge in [0.15, 0.2) is 0 Å². The van der Waals surface area contributed by atoms with Crippen molar-refractivity contribution in [1.29, 1.82) is 0 Å². The molecule has 2 aliphatic heterocycles. The Labute approximate surface area is 388 Å². The molecular formula is C58H82O6. The van der Waals surface area contributed by atoms with Crippen molar-refractivity contribution in [2.24, 2.45) is 0 Å². The van der Waals surface area contributed by atoms with Gasteiger partial charge in [0.05, 0.1) is 24.4 Å². The minimum atomic E-state index is -0.0882. The SMILES string of the molecule is CCCCCCC(C)Oc1ccc2c(c1)Oc1cc(OC(C)CCCCCC)ccc1C2C1c2ccc(OC(C)CCCCCC)cc2Oc2cc(OC(C)CCCCCC)ccc21. The Kier molecular flexibility index (Phi) is 19.5. The Morgan fingerprint density at radius 2 is 0.578 bits per heavy atom. The van der Waals surface area contributed by atoms with Crippen LogP contribution in [0.1, 0.15) is 218 Å². The second kappa shape index (κ2) is 25.4. The highest BCUT2D eigenvalue weighted by Crippen LogP contribution is 2.59. The first-order valence-electron chi connectivity index (χ1n) is 25.8. The highest BCUT2D eigenvalue weighted by Gasteiger charge is 2.41. The zero-order chi connectivity index (χ0) is 45.3. The summed E-state index contributed by atoms with van der Waals surface area (Å²) in [5.74, 6) is 6.44. The fraction of sp³-hybridized carbons (Fsp3) is 0.586. The third-order valence-electron chi connectivity index (χ3n) is 13.3. The van der Waals surface area contributed by atoms with Crippen LogP contribution in [0.25, 0.3) is 0 Å². The number of hydrogen-bond acceptors (Lipinski definition) is 6. The summed E-state index contributed by atoms with van der Waals surface area (Å²) in [6, 6.07) is 25.9. The van der Waals surface area contributed by atoms with Gasteiger partial charge in [-0.25, -0.2) is 0 Å². The highest BCUT2D eigenvalue weighted by molar-refractivity contribution is 5.65. The third-order valence-corrected chi connectivity index (χ3v) is 13.3. The zero-order valence-corrected chi connectivity index (χ0v) is 41.0. The molecule has 2 heterocycles. The molecule has 0 aliphatic carbocycles. The molecule has 64 heavy (non-hydrogen) atoms. The van der Waals surface area contributed by atoms with Crippen molar-refractivity contribution < 1.29 is 28.4 Å². The monoisotopic (exact) mass is 875 g/mol. The minimum Gasteiger partial charge on any atom is -0.491 e. The quantitative estimate of drug-likeness (QED) is 0.0507. The highest BCUT2D eigenvalue weighted by atomic mass is 16.5. The van der Waals surface area contributed by atoms with Crippen molar-refractivity contribution in [2.75, 3.05) is 0 Å². The maximum atomic E-state index is 6.93. The minimum absolute atomic E-state index is 0.0882. The summed E-state index contributed by atoms with van der Waals surface area (Å²) in [6.07, 6.45) is 24.2. The molecule has 0 aromatic heterocycles. The van der Waals surface area contributed by atoms with E-state index in [1.807, 2.05) is 0 Å². The molecule has 2 aliphatic rings. The average Bonchev–Trinajstić information content (AvgIpc) is 3.28. The van der Waals surface area contributed by atoms with Crippen molar-refractivity contribution in [2.45, 2.75) is 220 Å². The number of fused-ring (bicyclic) bond motifs is 4. The predicted octanol–water partition coefficient (Wildman–Crippen LogP) is 17.8. The van der Waals surface area contributed by atoms with Crippen LogP contribution >= 0.6 is 0 Å². The van der Waals surface area contributed by atoms with E-state index in [1.165, 1.54) is 103 Å². The van der Waals surface area contributed by atoms with E-state index in [-0.39, 0.29) is 36.3 Å². The molecule has 0 saturated heterocycles. The van der Waals surface area contributed by atoms with E-state index in [4.69, 9.17) is 28.4 Å². The Morgan fingerprint density at radius 1 is 0.344 bits per heavy atom. The van der Waals surface area contributed by atoms with Gasteiger partial charge in [0.25, 0.3) is 0 Å². The summed E-state index contributed by atoms with van der Waals surface area (Å²) >= 11 is 0. The molecule has 0 spiro atoms. The van der Waals surface area contributed by atoms with Gasteiger partial charge in [-0.05, 0) is 103 Å². The van der Waals surface area contributed by atoms with Crippen molar-refractivity contribution in [3.63, 3.8) is 0 Å². The summed E-state index contributed by atoms with van der Waals surface area (Å²) in [4.78, 5) is 0. The molecule has 350 valence electrons. The van der Waals surface area contributed by atoms with Gasteiger partial charge >= 0.3 is 0 Å². The Morgan fingerprint density at radius 3 is 0.797 bits per heavy atom. The maximum Gasteiger partial charge on any atom is 0.134 e. The second-order valence-electron chi connectivity index (χ2n) is 19.1. The molecular weight excluding hydrogens is 793 g/mol. The third kappa shape index (κ3) is 13.8. The average molecular weight is 875 g/mol. The number of benzene rings is 4. The van der Waals surface area contributed by atoms with Crippen LogP contribution < -0.4 is 28.4 Å². The molecule has 0 fully saturated rings. The topological polar surface area (TPSA) is 55.4 Å². The van der Waals surface area contributed by atoms with Gasteiger partial charge in [0.1, 0.15) is 46.0 Å². The van der Waals surface area contributed by atoms with E-state index < -0.39 is 0 Å². The number of hydrogen-bond donors (Lipinski definition) is 0. The van der Waals surface area contributed by atoms with Crippen LogP contribution in [0.2, 0.25) is 0 Å². The number of rotatable bonds is 29. The number of ether oxygens (including phenoxy) is 6. The van der Waals surface area contributed by atoms with Gasteiger partial charge in [0, 0.05) is 58.4 Å². The van der Waals surface area contributed by atoms with Crippen LogP contribution in [0.5, 0.6) is 46.0 Å². The standard InChI is InChI=1S/C58H82O6/c1-9-13-17-21-25-41(5)59-45-29-33-49-53(37-45)63-54-38-46(60-42(6)26-22-18-14-10-2)30-34-50(54)57(49)58-51-35-31-47(61-43(7)27-23-19-15-11-3)39-55(51)64-56-40-48(32-36-52(56)58)62-44(8)28-24-20-16-12-4/h29-44,57-58H,9-28H2,1-8H3.